The van der Waals surface area contributed by atoms with Crippen molar-refractivity contribution in [2.75, 3.05) is 32.7 Å². The summed E-state index contributed by atoms with van der Waals surface area (Å²) in [5.41, 5.74) is -0.861. The highest BCUT2D eigenvalue weighted by molar-refractivity contribution is 5.76. The van der Waals surface area contributed by atoms with E-state index in [9.17, 15) is 19.5 Å². The molecule has 2 saturated carbocycles. The maximum Gasteiger partial charge on any atom is 0.311 e. The van der Waals surface area contributed by atoms with Crippen LogP contribution in [-0.2, 0) is 28.6 Å². The Morgan fingerprint density at radius 3 is 2.47 bits per heavy atom. The Balaban J connectivity index is 1.72. The minimum absolute atomic E-state index is 0.000273. The van der Waals surface area contributed by atoms with Gasteiger partial charge in [0.2, 0.25) is 0 Å². The van der Waals surface area contributed by atoms with Crippen molar-refractivity contribution in [1.29, 1.82) is 0 Å². The molecular formula is C23H36N2O7. The van der Waals surface area contributed by atoms with Crippen LogP contribution in [0.3, 0.4) is 0 Å². The van der Waals surface area contributed by atoms with Crippen molar-refractivity contribution in [3.8, 4) is 0 Å². The second kappa shape index (κ2) is 8.91. The molecule has 4 aliphatic rings. The van der Waals surface area contributed by atoms with Crippen LogP contribution < -0.4 is 5.32 Å². The maximum atomic E-state index is 13.0. The number of rotatable bonds is 4. The van der Waals surface area contributed by atoms with Crippen LogP contribution in [0.2, 0.25) is 0 Å². The van der Waals surface area contributed by atoms with Gasteiger partial charge in [-0.3, -0.25) is 19.3 Å². The quantitative estimate of drug-likeness (QED) is 0.460. The van der Waals surface area contributed by atoms with E-state index in [1.54, 1.807) is 0 Å². The van der Waals surface area contributed by atoms with E-state index in [1.807, 2.05) is 13.8 Å². The van der Waals surface area contributed by atoms with Crippen LogP contribution in [0.1, 0.15) is 40.5 Å². The largest absolute Gasteiger partial charge is 0.462 e. The van der Waals surface area contributed by atoms with Gasteiger partial charge in [0.15, 0.2) is 0 Å². The minimum atomic E-state index is -0.861. The summed E-state index contributed by atoms with van der Waals surface area (Å²) < 4.78 is 17.4. The molecule has 0 aromatic heterocycles. The van der Waals surface area contributed by atoms with Crippen molar-refractivity contribution < 1.29 is 33.7 Å². The SMILES string of the molecule is CC(=O)OC1C[C@H](O)[C@]2(C)C1C(C)C[C@@H]1OC(=O)C(CN3CCNCC3)[C@H]1C2OC(C)=O. The molecule has 0 aromatic carbocycles. The molecule has 0 bridgehead atoms. The number of nitrogens with one attached hydrogen (secondary N) is 1. The molecule has 32 heavy (non-hydrogen) atoms. The van der Waals surface area contributed by atoms with Gasteiger partial charge in [-0.2, -0.15) is 0 Å². The third kappa shape index (κ3) is 4.03. The van der Waals surface area contributed by atoms with E-state index in [0.717, 1.165) is 26.2 Å². The summed E-state index contributed by atoms with van der Waals surface area (Å²) in [7, 11) is 0. The summed E-state index contributed by atoms with van der Waals surface area (Å²) in [6.45, 7) is 10.6. The van der Waals surface area contributed by atoms with Crippen molar-refractivity contribution in [1.82, 2.24) is 10.2 Å². The summed E-state index contributed by atoms with van der Waals surface area (Å²) in [5, 5.41) is 14.6. The van der Waals surface area contributed by atoms with E-state index in [1.165, 1.54) is 13.8 Å². The number of nitrogens with zero attached hydrogens (tertiary/aromatic N) is 1. The first-order valence-corrected chi connectivity index (χ1v) is 11.8. The molecule has 2 saturated heterocycles. The molecule has 180 valence electrons. The Morgan fingerprint density at radius 1 is 1.19 bits per heavy atom. The highest BCUT2D eigenvalue weighted by atomic mass is 16.6. The van der Waals surface area contributed by atoms with Gasteiger partial charge in [0, 0.05) is 70.2 Å². The Morgan fingerprint density at radius 2 is 1.84 bits per heavy atom. The zero-order chi connectivity index (χ0) is 23.2. The molecule has 5 unspecified atom stereocenters. The Hall–Kier alpha value is -1.71. The second-order valence-corrected chi connectivity index (χ2v) is 10.2. The summed E-state index contributed by atoms with van der Waals surface area (Å²) in [6.07, 6.45) is -1.55. The lowest BCUT2D eigenvalue weighted by atomic mass is 9.66. The number of aliphatic hydroxyl groups excluding tert-OH is 1. The number of fused-ring (bicyclic) bond motifs is 2. The lowest BCUT2D eigenvalue weighted by molar-refractivity contribution is -0.174. The topological polar surface area (TPSA) is 114 Å². The van der Waals surface area contributed by atoms with Gasteiger partial charge in [-0.05, 0) is 12.3 Å². The minimum Gasteiger partial charge on any atom is -0.462 e. The predicted octanol–water partition coefficient (Wildman–Crippen LogP) is 0.340. The first-order chi connectivity index (χ1) is 15.1. The smallest absolute Gasteiger partial charge is 0.311 e. The molecule has 0 amide bonds. The van der Waals surface area contributed by atoms with Gasteiger partial charge < -0.3 is 24.6 Å². The molecule has 9 nitrogen and oxygen atoms in total. The van der Waals surface area contributed by atoms with E-state index in [-0.39, 0.29) is 30.1 Å². The molecule has 4 fully saturated rings. The zero-order valence-electron chi connectivity index (χ0n) is 19.4. The molecule has 0 aromatic rings. The molecule has 2 N–H and O–H groups in total. The second-order valence-electron chi connectivity index (χ2n) is 10.2. The maximum absolute atomic E-state index is 13.0. The lowest BCUT2D eigenvalue weighted by Gasteiger charge is -2.44. The highest BCUT2D eigenvalue weighted by Gasteiger charge is 2.67. The molecule has 9 atom stereocenters. The Labute approximate surface area is 189 Å². The molecule has 2 aliphatic carbocycles. The normalized spacial score (nSPS) is 44.2. The molecule has 2 heterocycles. The van der Waals surface area contributed by atoms with Gasteiger partial charge in [0.05, 0.1) is 12.0 Å². The zero-order valence-corrected chi connectivity index (χ0v) is 19.4. The van der Waals surface area contributed by atoms with E-state index in [4.69, 9.17) is 14.2 Å². The number of ether oxygens (including phenoxy) is 3. The van der Waals surface area contributed by atoms with E-state index in [2.05, 4.69) is 10.2 Å². The fourth-order valence-corrected chi connectivity index (χ4v) is 6.96. The average Bonchev–Trinajstić information content (AvgIpc) is 3.10. The van der Waals surface area contributed by atoms with Gasteiger partial charge in [0.25, 0.3) is 0 Å². The van der Waals surface area contributed by atoms with Crippen LogP contribution in [0.15, 0.2) is 0 Å². The monoisotopic (exact) mass is 452 g/mol. The highest BCUT2D eigenvalue weighted by Crippen LogP contribution is 2.59. The van der Waals surface area contributed by atoms with Crippen LogP contribution in [0, 0.1) is 29.1 Å². The van der Waals surface area contributed by atoms with Gasteiger partial charge in [-0.25, -0.2) is 0 Å². The standard InChI is InChI=1S/C23H36N2O7/c1-12-9-16-19(15(22(29)32-16)11-25-7-5-24-6-8-25)21(31-14(3)27)23(4)18(28)10-17(20(12)23)30-13(2)26/h12,15-21,24,28H,5-11H2,1-4H3/t12?,15?,16-,17?,18-,19+,20?,21?,23+/m0/s1. The molecule has 2 aliphatic heterocycles. The lowest BCUT2D eigenvalue weighted by Crippen LogP contribution is -2.54. The Bertz CT molecular complexity index is 755. The van der Waals surface area contributed by atoms with Crippen molar-refractivity contribution in [2.24, 2.45) is 29.1 Å². The summed E-state index contributed by atoms with van der Waals surface area (Å²) in [4.78, 5) is 39.3. The fourth-order valence-electron chi connectivity index (χ4n) is 6.96. The van der Waals surface area contributed by atoms with Crippen LogP contribution in [0.25, 0.3) is 0 Å². The molecule has 4 rings (SSSR count). The summed E-state index contributed by atoms with van der Waals surface area (Å²) in [6, 6.07) is 0. The first kappa shape index (κ1) is 23.4. The Kier molecular flexibility index (Phi) is 6.53. The number of esters is 3. The van der Waals surface area contributed by atoms with Crippen molar-refractivity contribution in [2.45, 2.75) is 65.0 Å². The van der Waals surface area contributed by atoms with Crippen molar-refractivity contribution in [3.63, 3.8) is 0 Å². The number of hydrogen-bond acceptors (Lipinski definition) is 9. The number of aliphatic hydroxyl groups is 1. The molecule has 9 heteroatoms. The van der Waals surface area contributed by atoms with Gasteiger partial charge >= 0.3 is 17.9 Å². The average molecular weight is 453 g/mol. The molecular weight excluding hydrogens is 416 g/mol. The summed E-state index contributed by atoms with van der Waals surface area (Å²) >= 11 is 0. The van der Waals surface area contributed by atoms with Crippen molar-refractivity contribution >= 4 is 17.9 Å². The van der Waals surface area contributed by atoms with E-state index in [0.29, 0.717) is 13.0 Å². The number of hydrogen-bond donors (Lipinski definition) is 2. The summed E-state index contributed by atoms with van der Waals surface area (Å²) in [5.74, 6) is -2.11. The van der Waals surface area contributed by atoms with E-state index >= 15 is 0 Å². The number of piperazine rings is 1. The first-order valence-electron chi connectivity index (χ1n) is 11.8. The van der Waals surface area contributed by atoms with Crippen LogP contribution in [0.4, 0.5) is 0 Å². The van der Waals surface area contributed by atoms with Gasteiger partial charge in [-0.15, -0.1) is 0 Å². The third-order valence-electron chi connectivity index (χ3n) is 8.21. The molecule has 0 radical (unpaired) electrons. The number of carbonyl (C=O) groups excluding carboxylic acids is 3. The van der Waals surface area contributed by atoms with Crippen LogP contribution in [-0.4, -0.2) is 85.1 Å². The third-order valence-corrected chi connectivity index (χ3v) is 8.21. The van der Waals surface area contributed by atoms with E-state index < -0.39 is 47.7 Å². The molecule has 0 spiro atoms. The van der Waals surface area contributed by atoms with Gasteiger partial charge in [-0.1, -0.05) is 13.8 Å². The van der Waals surface area contributed by atoms with Crippen LogP contribution >= 0.6 is 0 Å². The van der Waals surface area contributed by atoms with Gasteiger partial charge in [0.1, 0.15) is 18.3 Å². The fraction of sp³-hybridized carbons (Fsp3) is 0.870. The number of carbonyl (C=O) groups is 3. The van der Waals surface area contributed by atoms with Crippen LogP contribution in [0.5, 0.6) is 0 Å². The van der Waals surface area contributed by atoms with Crippen molar-refractivity contribution in [3.05, 3.63) is 0 Å². The predicted molar refractivity (Wildman–Crippen MR) is 113 cm³/mol.